The van der Waals surface area contributed by atoms with Gasteiger partial charge in [0.15, 0.2) is 0 Å². The van der Waals surface area contributed by atoms with Gasteiger partial charge in [0.1, 0.15) is 5.75 Å². The van der Waals surface area contributed by atoms with Gasteiger partial charge < -0.3 is 10.0 Å². The number of nitrogens with zero attached hydrogens (tertiary/aromatic N) is 2. The molecule has 2 atom stereocenters. The van der Waals surface area contributed by atoms with E-state index < -0.39 is 0 Å². The lowest BCUT2D eigenvalue weighted by molar-refractivity contribution is 0.183. The number of likely N-dealkylation sites (N-methyl/N-ethyl adjacent to an activating group) is 2. The minimum atomic E-state index is 0.160. The fraction of sp³-hybridized carbons (Fsp3) is 0.600. The van der Waals surface area contributed by atoms with Crippen molar-refractivity contribution in [3.05, 3.63) is 28.8 Å². The number of phenolic OH excluding ortho intramolecular Hbond substituents is 1. The molecule has 0 aromatic heterocycles. The summed E-state index contributed by atoms with van der Waals surface area (Å²) in [5.41, 5.74) is 0.899. The molecule has 0 radical (unpaired) electrons. The Balaban J connectivity index is 2.05. The van der Waals surface area contributed by atoms with Crippen molar-refractivity contribution in [3.8, 4) is 5.75 Å². The van der Waals surface area contributed by atoms with Crippen LogP contribution in [0.25, 0.3) is 0 Å². The molecule has 2 unspecified atom stereocenters. The molecule has 0 spiro atoms. The number of phenols is 1. The highest BCUT2D eigenvalue weighted by atomic mass is 35.5. The van der Waals surface area contributed by atoms with Crippen LogP contribution in [0.2, 0.25) is 5.02 Å². The summed E-state index contributed by atoms with van der Waals surface area (Å²) >= 11 is 6.02. The molecule has 3 nitrogen and oxygen atoms in total. The van der Waals surface area contributed by atoms with Gasteiger partial charge in [-0.3, -0.25) is 4.90 Å². The smallest absolute Gasteiger partial charge is 0.120 e. The van der Waals surface area contributed by atoms with Crippen molar-refractivity contribution in [2.45, 2.75) is 31.8 Å². The molecule has 1 saturated heterocycles. The zero-order chi connectivity index (χ0) is 14.0. The van der Waals surface area contributed by atoms with Gasteiger partial charge in [-0.1, -0.05) is 11.6 Å². The molecule has 1 aromatic carbocycles. The zero-order valence-electron chi connectivity index (χ0n) is 11.9. The molecule has 1 N–H and O–H groups in total. The van der Waals surface area contributed by atoms with Gasteiger partial charge in [0.25, 0.3) is 0 Å². The Morgan fingerprint density at radius 2 is 2.26 bits per heavy atom. The summed E-state index contributed by atoms with van der Waals surface area (Å²) in [7, 11) is 4.30. The van der Waals surface area contributed by atoms with Crippen molar-refractivity contribution in [1.29, 1.82) is 0 Å². The molecular formula is C15H23ClN2O. The van der Waals surface area contributed by atoms with Crippen LogP contribution >= 0.6 is 11.6 Å². The molecule has 1 aliphatic heterocycles. The minimum Gasteiger partial charge on any atom is -0.508 e. The molecule has 4 heteroatoms. The zero-order valence-corrected chi connectivity index (χ0v) is 12.7. The maximum absolute atomic E-state index is 9.97. The number of likely N-dealkylation sites (tertiary alicyclic amines) is 1. The maximum atomic E-state index is 9.97. The summed E-state index contributed by atoms with van der Waals surface area (Å²) in [6, 6.07) is 6.03. The average molecular weight is 283 g/mol. The van der Waals surface area contributed by atoms with Gasteiger partial charge in [-0.25, -0.2) is 0 Å². The fourth-order valence-corrected chi connectivity index (χ4v) is 2.98. The van der Waals surface area contributed by atoms with E-state index in [0.29, 0.717) is 16.8 Å². The summed E-state index contributed by atoms with van der Waals surface area (Å²) in [6.45, 7) is 4.32. The van der Waals surface area contributed by atoms with Gasteiger partial charge >= 0.3 is 0 Å². The summed E-state index contributed by atoms with van der Waals surface area (Å²) in [5, 5.41) is 10.6. The van der Waals surface area contributed by atoms with Crippen LogP contribution in [0.1, 0.15) is 31.4 Å². The number of rotatable bonds is 4. The molecule has 1 aliphatic rings. The molecule has 0 bridgehead atoms. The molecule has 0 saturated carbocycles. The van der Waals surface area contributed by atoms with Crippen molar-refractivity contribution in [2.24, 2.45) is 0 Å². The van der Waals surface area contributed by atoms with Crippen molar-refractivity contribution in [3.63, 3.8) is 0 Å². The van der Waals surface area contributed by atoms with Crippen LogP contribution in [-0.2, 0) is 0 Å². The molecule has 1 aromatic rings. The molecule has 1 heterocycles. The van der Waals surface area contributed by atoms with Gasteiger partial charge in [-0.2, -0.15) is 0 Å². The summed E-state index contributed by atoms with van der Waals surface area (Å²) < 4.78 is 0. The summed E-state index contributed by atoms with van der Waals surface area (Å²) in [6.07, 6.45) is 2.54. The van der Waals surface area contributed by atoms with Crippen LogP contribution in [0.4, 0.5) is 0 Å². The normalized spacial score (nSPS) is 22.1. The van der Waals surface area contributed by atoms with Crippen LogP contribution in [0, 0.1) is 0 Å². The van der Waals surface area contributed by atoms with E-state index in [1.807, 2.05) is 6.07 Å². The van der Waals surface area contributed by atoms with E-state index in [-0.39, 0.29) is 6.04 Å². The van der Waals surface area contributed by atoms with E-state index in [9.17, 15) is 5.11 Å². The van der Waals surface area contributed by atoms with Gasteiger partial charge in [0, 0.05) is 29.2 Å². The molecule has 106 valence electrons. The van der Waals surface area contributed by atoms with Crippen LogP contribution < -0.4 is 0 Å². The summed E-state index contributed by atoms with van der Waals surface area (Å²) in [5.74, 6) is 0.323. The summed E-state index contributed by atoms with van der Waals surface area (Å²) in [4.78, 5) is 4.71. The van der Waals surface area contributed by atoms with Gasteiger partial charge in [-0.05, 0) is 58.6 Å². The Hall–Kier alpha value is -0.770. The van der Waals surface area contributed by atoms with Crippen LogP contribution in [0.3, 0.4) is 0 Å². The van der Waals surface area contributed by atoms with Crippen molar-refractivity contribution in [2.75, 3.05) is 27.2 Å². The topological polar surface area (TPSA) is 26.7 Å². The number of aromatic hydroxyl groups is 1. The molecular weight excluding hydrogens is 260 g/mol. The number of benzene rings is 1. The predicted octanol–water partition coefficient (Wildman–Crippen LogP) is 3.13. The first kappa shape index (κ1) is 14.6. The Bertz CT molecular complexity index is 438. The molecule has 0 aliphatic carbocycles. The van der Waals surface area contributed by atoms with E-state index in [0.717, 1.165) is 12.1 Å². The quantitative estimate of drug-likeness (QED) is 0.919. The highest BCUT2D eigenvalue weighted by molar-refractivity contribution is 6.30. The standard InChI is InChI=1S/C15H23ClN2O/c1-11(14-9-12(16)6-7-15(14)19)18(3)10-13-5-4-8-17(13)2/h6-7,9,11,13,19H,4-5,8,10H2,1-3H3. The fourth-order valence-electron chi connectivity index (χ4n) is 2.80. The van der Waals surface area contributed by atoms with Crippen molar-refractivity contribution in [1.82, 2.24) is 9.80 Å². The first-order chi connectivity index (χ1) is 8.99. The second-order valence-electron chi connectivity index (χ2n) is 5.60. The third-order valence-corrected chi connectivity index (χ3v) is 4.51. The second kappa shape index (κ2) is 6.12. The lowest BCUT2D eigenvalue weighted by Crippen LogP contribution is -2.37. The maximum Gasteiger partial charge on any atom is 0.120 e. The lowest BCUT2D eigenvalue weighted by Gasteiger charge is -2.30. The number of hydrogen-bond acceptors (Lipinski definition) is 3. The van der Waals surface area contributed by atoms with Crippen LogP contribution in [0.5, 0.6) is 5.75 Å². The van der Waals surface area contributed by atoms with Crippen LogP contribution in [0.15, 0.2) is 18.2 Å². The third-order valence-electron chi connectivity index (χ3n) is 4.27. The predicted molar refractivity (Wildman–Crippen MR) is 79.8 cm³/mol. The highest BCUT2D eigenvalue weighted by Crippen LogP contribution is 2.31. The monoisotopic (exact) mass is 282 g/mol. The van der Waals surface area contributed by atoms with E-state index >= 15 is 0 Å². The van der Waals surface area contributed by atoms with Gasteiger partial charge in [0.2, 0.25) is 0 Å². The number of halogens is 1. The van der Waals surface area contributed by atoms with Crippen molar-refractivity contribution >= 4 is 11.6 Å². The first-order valence-corrected chi connectivity index (χ1v) is 7.25. The number of hydrogen-bond donors (Lipinski definition) is 1. The Kier molecular flexibility index (Phi) is 4.71. The molecule has 2 rings (SSSR count). The van der Waals surface area contributed by atoms with Gasteiger partial charge in [0.05, 0.1) is 0 Å². The largest absolute Gasteiger partial charge is 0.508 e. The van der Waals surface area contributed by atoms with E-state index in [1.165, 1.54) is 19.4 Å². The van der Waals surface area contributed by atoms with Gasteiger partial charge in [-0.15, -0.1) is 0 Å². The minimum absolute atomic E-state index is 0.160. The third kappa shape index (κ3) is 3.41. The average Bonchev–Trinajstić information content (AvgIpc) is 2.77. The van der Waals surface area contributed by atoms with Crippen LogP contribution in [-0.4, -0.2) is 48.1 Å². The molecule has 0 amide bonds. The second-order valence-corrected chi connectivity index (χ2v) is 6.03. The Morgan fingerprint density at radius 3 is 2.89 bits per heavy atom. The Labute approximate surface area is 120 Å². The molecule has 1 fully saturated rings. The SMILES string of the molecule is CC(c1cc(Cl)ccc1O)N(C)CC1CCCN1C. The van der Waals surface area contributed by atoms with E-state index in [2.05, 4.69) is 30.8 Å². The van der Waals surface area contributed by atoms with E-state index in [4.69, 9.17) is 11.6 Å². The lowest BCUT2D eigenvalue weighted by atomic mass is 10.1. The van der Waals surface area contributed by atoms with Crippen molar-refractivity contribution < 1.29 is 5.11 Å². The van der Waals surface area contributed by atoms with E-state index in [1.54, 1.807) is 12.1 Å². The molecule has 19 heavy (non-hydrogen) atoms. The first-order valence-electron chi connectivity index (χ1n) is 6.88. The Morgan fingerprint density at radius 1 is 1.53 bits per heavy atom. The highest BCUT2D eigenvalue weighted by Gasteiger charge is 2.25.